The Morgan fingerprint density at radius 1 is 1.27 bits per heavy atom. The molecule has 0 heterocycles. The van der Waals surface area contributed by atoms with Gasteiger partial charge in [0.05, 0.1) is 5.69 Å². The lowest BCUT2D eigenvalue weighted by atomic mass is 10.3. The molecule has 0 aliphatic carbocycles. The maximum absolute atomic E-state index is 11.8. The number of nitrogens with one attached hydrogen (secondary N) is 1. The van der Waals surface area contributed by atoms with E-state index >= 15 is 0 Å². The molecule has 1 aromatic carbocycles. The lowest BCUT2D eigenvalue weighted by Gasteiger charge is -2.08. The van der Waals surface area contributed by atoms with Gasteiger partial charge in [0.2, 0.25) is 0 Å². The Morgan fingerprint density at radius 3 is 2.33 bits per heavy atom. The predicted octanol–water partition coefficient (Wildman–Crippen LogP) is 3.00. The molecule has 15 heavy (non-hydrogen) atoms. The lowest BCUT2D eigenvalue weighted by Crippen LogP contribution is -2.16. The van der Waals surface area contributed by atoms with Crippen LogP contribution in [0.5, 0.6) is 5.75 Å². The van der Waals surface area contributed by atoms with Crippen LogP contribution in [0.25, 0.3) is 0 Å². The van der Waals surface area contributed by atoms with E-state index in [-0.39, 0.29) is 5.75 Å². The Balaban J connectivity index is 2.64. The summed E-state index contributed by atoms with van der Waals surface area (Å²) in [5, 5.41) is 3.71. The van der Waals surface area contributed by atoms with Gasteiger partial charge in [0, 0.05) is 6.21 Å². The van der Waals surface area contributed by atoms with Crippen LogP contribution >= 0.6 is 0 Å². The monoisotopic (exact) mass is 218 g/mol. The molecule has 0 saturated heterocycles. The highest BCUT2D eigenvalue weighted by Crippen LogP contribution is 2.23. The molecule has 0 saturated carbocycles. The Labute approximate surface area is 84.6 Å². The van der Waals surface area contributed by atoms with Crippen LogP contribution in [0.3, 0.4) is 0 Å². The number of rotatable bonds is 3. The zero-order valence-corrected chi connectivity index (χ0v) is 7.88. The summed E-state index contributed by atoms with van der Waals surface area (Å²) in [6.07, 6.45) is -3.13. The number of halogens is 3. The molecule has 0 atom stereocenters. The molecule has 82 valence electrons. The molecule has 0 amide bonds. The van der Waals surface area contributed by atoms with Crippen molar-refractivity contribution in [2.24, 2.45) is 5.10 Å². The van der Waals surface area contributed by atoms with E-state index in [2.05, 4.69) is 15.3 Å². The highest BCUT2D eigenvalue weighted by molar-refractivity contribution is 5.56. The molecule has 0 bridgehead atoms. The molecule has 1 aromatic rings. The first kappa shape index (κ1) is 11.4. The summed E-state index contributed by atoms with van der Waals surface area (Å²) in [6.45, 7) is 1.72. The van der Waals surface area contributed by atoms with Crippen molar-refractivity contribution < 1.29 is 17.9 Å². The third-order valence-electron chi connectivity index (χ3n) is 1.41. The van der Waals surface area contributed by atoms with Gasteiger partial charge in [-0.3, -0.25) is 5.43 Å². The highest BCUT2D eigenvalue weighted by atomic mass is 19.4. The number of anilines is 1. The minimum atomic E-state index is -4.66. The zero-order valence-electron chi connectivity index (χ0n) is 7.88. The normalized spacial score (nSPS) is 11.7. The minimum absolute atomic E-state index is 0.256. The van der Waals surface area contributed by atoms with E-state index in [1.807, 2.05) is 0 Å². The third-order valence-corrected chi connectivity index (χ3v) is 1.41. The summed E-state index contributed by atoms with van der Waals surface area (Å²) in [6, 6.07) is 5.30. The number of nitrogens with zero attached hydrogens (tertiary/aromatic N) is 1. The quantitative estimate of drug-likeness (QED) is 0.625. The second-order valence-corrected chi connectivity index (χ2v) is 2.57. The largest absolute Gasteiger partial charge is 0.573 e. The molecule has 0 radical (unpaired) electrons. The van der Waals surface area contributed by atoms with Crippen LogP contribution in [-0.4, -0.2) is 12.6 Å². The smallest absolute Gasteiger partial charge is 0.406 e. The molecule has 0 spiro atoms. The van der Waals surface area contributed by atoms with Crippen LogP contribution < -0.4 is 10.2 Å². The van der Waals surface area contributed by atoms with Gasteiger partial charge in [-0.2, -0.15) is 5.10 Å². The average Bonchev–Trinajstić information content (AvgIpc) is 2.14. The second kappa shape index (κ2) is 4.68. The van der Waals surface area contributed by atoms with E-state index < -0.39 is 6.36 Å². The fourth-order valence-electron chi connectivity index (χ4n) is 0.870. The summed E-state index contributed by atoms with van der Waals surface area (Å²) >= 11 is 0. The van der Waals surface area contributed by atoms with Gasteiger partial charge in [-0.25, -0.2) is 0 Å². The van der Waals surface area contributed by atoms with Gasteiger partial charge in [-0.15, -0.1) is 13.2 Å². The standard InChI is InChI=1S/C9H9F3N2O/c1-2-13-14-7-3-5-8(6-4-7)15-9(10,11)12/h2-6,14H,1H3/b13-2+. The van der Waals surface area contributed by atoms with Crippen LogP contribution in [0.2, 0.25) is 0 Å². The van der Waals surface area contributed by atoms with Crippen LogP contribution in [-0.2, 0) is 0 Å². The number of benzene rings is 1. The van der Waals surface area contributed by atoms with Crippen molar-refractivity contribution in [1.82, 2.24) is 0 Å². The van der Waals surface area contributed by atoms with E-state index in [1.54, 1.807) is 6.92 Å². The van der Waals surface area contributed by atoms with Crippen LogP contribution in [0.4, 0.5) is 18.9 Å². The lowest BCUT2D eigenvalue weighted by molar-refractivity contribution is -0.274. The average molecular weight is 218 g/mol. The number of hydrogen-bond donors (Lipinski definition) is 1. The molecule has 0 unspecified atom stereocenters. The number of hydrogen-bond acceptors (Lipinski definition) is 3. The van der Waals surface area contributed by atoms with Crippen molar-refractivity contribution in [2.75, 3.05) is 5.43 Å². The zero-order chi connectivity index (χ0) is 11.3. The van der Waals surface area contributed by atoms with Gasteiger partial charge in [0.25, 0.3) is 0 Å². The summed E-state index contributed by atoms with van der Waals surface area (Å²) in [5.41, 5.74) is 3.20. The molecular weight excluding hydrogens is 209 g/mol. The van der Waals surface area contributed by atoms with E-state index in [0.29, 0.717) is 5.69 Å². The van der Waals surface area contributed by atoms with Crippen molar-refractivity contribution in [2.45, 2.75) is 13.3 Å². The van der Waals surface area contributed by atoms with Gasteiger partial charge in [-0.05, 0) is 31.2 Å². The van der Waals surface area contributed by atoms with Gasteiger partial charge in [0.1, 0.15) is 5.75 Å². The van der Waals surface area contributed by atoms with Gasteiger partial charge in [0.15, 0.2) is 0 Å². The van der Waals surface area contributed by atoms with Crippen molar-refractivity contribution >= 4 is 11.9 Å². The Bertz CT molecular complexity index is 332. The summed E-state index contributed by atoms with van der Waals surface area (Å²) in [7, 11) is 0. The van der Waals surface area contributed by atoms with Crippen LogP contribution in [0, 0.1) is 0 Å². The summed E-state index contributed by atoms with van der Waals surface area (Å²) < 4.78 is 39.0. The molecule has 1 N–H and O–H groups in total. The van der Waals surface area contributed by atoms with Crippen LogP contribution in [0.1, 0.15) is 6.92 Å². The molecule has 0 aliphatic rings. The second-order valence-electron chi connectivity index (χ2n) is 2.57. The van der Waals surface area contributed by atoms with Gasteiger partial charge in [-0.1, -0.05) is 0 Å². The first-order valence-electron chi connectivity index (χ1n) is 4.11. The van der Waals surface area contributed by atoms with Gasteiger partial charge >= 0.3 is 6.36 Å². The molecular formula is C9H9F3N2O. The van der Waals surface area contributed by atoms with E-state index in [0.717, 1.165) is 0 Å². The minimum Gasteiger partial charge on any atom is -0.406 e. The number of alkyl halides is 3. The first-order valence-corrected chi connectivity index (χ1v) is 4.11. The van der Waals surface area contributed by atoms with Crippen molar-refractivity contribution in [3.05, 3.63) is 24.3 Å². The Morgan fingerprint density at radius 2 is 1.87 bits per heavy atom. The fraction of sp³-hybridized carbons (Fsp3) is 0.222. The third kappa shape index (κ3) is 4.35. The number of ether oxygens (including phenoxy) is 1. The molecule has 6 heteroatoms. The van der Waals surface area contributed by atoms with Crippen LogP contribution in [0.15, 0.2) is 29.4 Å². The molecule has 1 rings (SSSR count). The van der Waals surface area contributed by atoms with Crippen molar-refractivity contribution in [1.29, 1.82) is 0 Å². The summed E-state index contributed by atoms with van der Waals surface area (Å²) in [5.74, 6) is -0.256. The predicted molar refractivity (Wildman–Crippen MR) is 50.9 cm³/mol. The van der Waals surface area contributed by atoms with E-state index in [1.165, 1.54) is 30.5 Å². The number of hydrazone groups is 1. The fourth-order valence-corrected chi connectivity index (χ4v) is 0.870. The van der Waals surface area contributed by atoms with E-state index in [9.17, 15) is 13.2 Å². The highest BCUT2D eigenvalue weighted by Gasteiger charge is 2.30. The maximum atomic E-state index is 11.8. The molecule has 3 nitrogen and oxygen atoms in total. The Kier molecular flexibility index (Phi) is 3.54. The molecule has 0 aliphatic heterocycles. The first-order chi connectivity index (χ1) is 7.01. The maximum Gasteiger partial charge on any atom is 0.573 e. The topological polar surface area (TPSA) is 33.6 Å². The van der Waals surface area contributed by atoms with Crippen molar-refractivity contribution in [3.8, 4) is 5.75 Å². The Hall–Kier alpha value is -1.72. The summed E-state index contributed by atoms with van der Waals surface area (Å²) in [4.78, 5) is 0. The van der Waals surface area contributed by atoms with E-state index in [4.69, 9.17) is 0 Å². The van der Waals surface area contributed by atoms with Crippen molar-refractivity contribution in [3.63, 3.8) is 0 Å². The molecule has 0 fully saturated rings. The molecule has 0 aromatic heterocycles. The SMILES string of the molecule is C/C=N/Nc1ccc(OC(F)(F)F)cc1. The van der Waals surface area contributed by atoms with Gasteiger partial charge < -0.3 is 4.74 Å².